The number of aromatic nitrogens is 2. The highest BCUT2D eigenvalue weighted by molar-refractivity contribution is 5.87. The van der Waals surface area contributed by atoms with Crippen LogP contribution in [0.5, 0.6) is 0 Å². The maximum atomic E-state index is 10.8. The van der Waals surface area contributed by atoms with Crippen molar-refractivity contribution in [2.75, 3.05) is 0 Å². The molecule has 2 aromatic carbocycles. The summed E-state index contributed by atoms with van der Waals surface area (Å²) in [4.78, 5) is 10.8. The molecule has 3 rings (SSSR count). The molecule has 0 saturated carbocycles. The molecule has 0 aliphatic rings. The molecule has 0 radical (unpaired) electrons. The minimum atomic E-state index is 0.582. The zero-order valence-electron chi connectivity index (χ0n) is 10.00. The second kappa shape index (κ2) is 4.11. The number of rotatable bonds is 2. The summed E-state index contributed by atoms with van der Waals surface area (Å²) in [7, 11) is 1.77. The van der Waals surface area contributed by atoms with Crippen molar-refractivity contribution in [1.82, 2.24) is 9.78 Å². The fraction of sp³-hybridized carbons (Fsp3) is 0.0667. The second-order valence-electron chi connectivity index (χ2n) is 4.26. The van der Waals surface area contributed by atoms with E-state index in [1.165, 1.54) is 10.8 Å². The van der Waals surface area contributed by atoms with Crippen molar-refractivity contribution < 1.29 is 4.79 Å². The Morgan fingerprint density at radius 1 is 1.06 bits per heavy atom. The van der Waals surface area contributed by atoms with E-state index in [2.05, 4.69) is 29.4 Å². The highest BCUT2D eigenvalue weighted by atomic mass is 16.1. The highest BCUT2D eigenvalue weighted by Crippen LogP contribution is 2.23. The van der Waals surface area contributed by atoms with Crippen molar-refractivity contribution in [1.29, 1.82) is 0 Å². The van der Waals surface area contributed by atoms with Crippen LogP contribution in [-0.2, 0) is 7.05 Å². The predicted molar refractivity (Wildman–Crippen MR) is 71.5 cm³/mol. The van der Waals surface area contributed by atoms with Crippen LogP contribution >= 0.6 is 0 Å². The Balaban J connectivity index is 2.15. The molecule has 0 spiro atoms. The molecule has 0 saturated heterocycles. The number of hydrogen-bond acceptors (Lipinski definition) is 2. The molecule has 3 nitrogen and oxygen atoms in total. The minimum absolute atomic E-state index is 0.582. The Labute approximate surface area is 105 Å². The Morgan fingerprint density at radius 2 is 1.83 bits per heavy atom. The quantitative estimate of drug-likeness (QED) is 0.641. The molecule has 3 heteroatoms. The van der Waals surface area contributed by atoms with Crippen molar-refractivity contribution in [3.63, 3.8) is 0 Å². The molecule has 18 heavy (non-hydrogen) atoms. The predicted octanol–water partition coefficient (Wildman–Crippen LogP) is 3.05. The monoisotopic (exact) mass is 236 g/mol. The van der Waals surface area contributed by atoms with Gasteiger partial charge >= 0.3 is 0 Å². The van der Waals surface area contributed by atoms with Crippen LogP contribution in [0.25, 0.3) is 22.0 Å². The lowest BCUT2D eigenvalue weighted by atomic mass is 10.1. The fourth-order valence-corrected chi connectivity index (χ4v) is 2.08. The first-order valence-corrected chi connectivity index (χ1v) is 5.76. The summed E-state index contributed by atoms with van der Waals surface area (Å²) in [5.41, 5.74) is 2.43. The molecule has 0 atom stereocenters. The first kappa shape index (κ1) is 10.7. The first-order chi connectivity index (χ1) is 8.78. The summed E-state index contributed by atoms with van der Waals surface area (Å²) in [6, 6.07) is 16.2. The molecule has 0 N–H and O–H groups in total. The minimum Gasteiger partial charge on any atom is -0.296 e. The fourth-order valence-electron chi connectivity index (χ4n) is 2.08. The van der Waals surface area contributed by atoms with E-state index in [0.717, 1.165) is 17.5 Å². The Morgan fingerprint density at radius 3 is 2.56 bits per heavy atom. The summed E-state index contributed by atoms with van der Waals surface area (Å²) in [6.07, 6.45) is 0.817. The summed E-state index contributed by atoms with van der Waals surface area (Å²) in [6.45, 7) is 0. The highest BCUT2D eigenvalue weighted by Gasteiger charge is 2.06. The van der Waals surface area contributed by atoms with Gasteiger partial charge in [0.05, 0.1) is 5.69 Å². The van der Waals surface area contributed by atoms with E-state index in [1.807, 2.05) is 18.2 Å². The van der Waals surface area contributed by atoms with Crippen LogP contribution in [-0.4, -0.2) is 16.1 Å². The molecule has 88 valence electrons. The van der Waals surface area contributed by atoms with Crippen LogP contribution in [0.2, 0.25) is 0 Å². The topological polar surface area (TPSA) is 34.9 Å². The molecule has 3 aromatic rings. The van der Waals surface area contributed by atoms with Gasteiger partial charge < -0.3 is 0 Å². The summed E-state index contributed by atoms with van der Waals surface area (Å²) < 4.78 is 1.59. The number of hydrogen-bond donors (Lipinski definition) is 0. The lowest BCUT2D eigenvalue weighted by molar-refractivity contribution is 0.111. The van der Waals surface area contributed by atoms with E-state index in [9.17, 15) is 4.79 Å². The summed E-state index contributed by atoms with van der Waals surface area (Å²) in [5, 5.41) is 6.72. The van der Waals surface area contributed by atoms with Crippen LogP contribution < -0.4 is 0 Å². The molecule has 0 bridgehead atoms. The third-order valence-corrected chi connectivity index (χ3v) is 3.08. The van der Waals surface area contributed by atoms with Crippen molar-refractivity contribution in [3.05, 3.63) is 54.2 Å². The maximum absolute atomic E-state index is 10.8. The number of aldehydes is 1. The van der Waals surface area contributed by atoms with E-state index in [0.29, 0.717) is 5.69 Å². The molecular formula is C15H12N2O. The SMILES string of the molecule is Cn1nc(-c2ccc3ccccc3c2)cc1C=O. The maximum Gasteiger partial charge on any atom is 0.168 e. The van der Waals surface area contributed by atoms with Gasteiger partial charge in [-0.2, -0.15) is 5.10 Å². The molecular weight excluding hydrogens is 224 g/mol. The smallest absolute Gasteiger partial charge is 0.168 e. The number of aryl methyl sites for hydroxylation is 1. The van der Waals surface area contributed by atoms with Crippen molar-refractivity contribution in [2.24, 2.45) is 7.05 Å². The summed E-state index contributed by atoms with van der Waals surface area (Å²) in [5.74, 6) is 0. The van der Waals surface area contributed by atoms with E-state index in [-0.39, 0.29) is 0 Å². The zero-order valence-corrected chi connectivity index (χ0v) is 10.00. The molecule has 0 unspecified atom stereocenters. The van der Waals surface area contributed by atoms with E-state index in [4.69, 9.17) is 0 Å². The van der Waals surface area contributed by atoms with Crippen LogP contribution in [0.15, 0.2) is 48.5 Å². The van der Waals surface area contributed by atoms with Gasteiger partial charge in [-0.05, 0) is 22.9 Å². The van der Waals surface area contributed by atoms with Gasteiger partial charge in [0, 0.05) is 12.6 Å². The van der Waals surface area contributed by atoms with Crippen LogP contribution in [0.3, 0.4) is 0 Å². The van der Waals surface area contributed by atoms with Gasteiger partial charge in [-0.3, -0.25) is 9.48 Å². The van der Waals surface area contributed by atoms with Gasteiger partial charge in [-0.1, -0.05) is 36.4 Å². The van der Waals surface area contributed by atoms with Gasteiger partial charge in [-0.25, -0.2) is 0 Å². The number of carbonyl (C=O) groups is 1. The molecule has 0 aliphatic carbocycles. The number of carbonyl (C=O) groups excluding carboxylic acids is 1. The third-order valence-electron chi connectivity index (χ3n) is 3.08. The summed E-state index contributed by atoms with van der Waals surface area (Å²) >= 11 is 0. The normalized spacial score (nSPS) is 10.7. The van der Waals surface area contributed by atoms with E-state index >= 15 is 0 Å². The molecule has 0 amide bonds. The van der Waals surface area contributed by atoms with Crippen molar-refractivity contribution in [3.8, 4) is 11.3 Å². The zero-order chi connectivity index (χ0) is 12.5. The molecule has 0 aliphatic heterocycles. The number of fused-ring (bicyclic) bond motifs is 1. The van der Waals surface area contributed by atoms with Gasteiger partial charge in [0.1, 0.15) is 5.69 Å². The van der Waals surface area contributed by atoms with Gasteiger partial charge in [0.2, 0.25) is 0 Å². The lowest BCUT2D eigenvalue weighted by Gasteiger charge is -2.00. The van der Waals surface area contributed by atoms with Gasteiger partial charge in [-0.15, -0.1) is 0 Å². The van der Waals surface area contributed by atoms with Crippen molar-refractivity contribution in [2.45, 2.75) is 0 Å². The average molecular weight is 236 g/mol. The van der Waals surface area contributed by atoms with Gasteiger partial charge in [0.25, 0.3) is 0 Å². The molecule has 1 aromatic heterocycles. The molecule has 0 fully saturated rings. The Bertz CT molecular complexity index is 728. The van der Waals surface area contributed by atoms with Crippen LogP contribution in [0.4, 0.5) is 0 Å². The van der Waals surface area contributed by atoms with Crippen LogP contribution in [0.1, 0.15) is 10.5 Å². The van der Waals surface area contributed by atoms with E-state index < -0.39 is 0 Å². The Kier molecular flexibility index (Phi) is 2.45. The average Bonchev–Trinajstić information content (AvgIpc) is 2.79. The third kappa shape index (κ3) is 1.70. The van der Waals surface area contributed by atoms with Crippen molar-refractivity contribution >= 4 is 17.1 Å². The largest absolute Gasteiger partial charge is 0.296 e. The Hall–Kier alpha value is -2.42. The standard InChI is InChI=1S/C15H12N2O/c1-17-14(10-18)9-15(16-17)13-7-6-11-4-2-3-5-12(11)8-13/h2-10H,1H3. The second-order valence-corrected chi connectivity index (χ2v) is 4.26. The van der Waals surface area contributed by atoms with Crippen LogP contribution in [0, 0.1) is 0 Å². The number of nitrogens with zero attached hydrogens (tertiary/aromatic N) is 2. The van der Waals surface area contributed by atoms with E-state index in [1.54, 1.807) is 17.8 Å². The first-order valence-electron chi connectivity index (χ1n) is 5.76. The molecule has 1 heterocycles. The number of benzene rings is 2. The van der Waals surface area contributed by atoms with Gasteiger partial charge in [0.15, 0.2) is 6.29 Å². The lowest BCUT2D eigenvalue weighted by Crippen LogP contribution is -1.95.